The van der Waals surface area contributed by atoms with Gasteiger partial charge < -0.3 is 15.4 Å². The van der Waals surface area contributed by atoms with Crippen LogP contribution in [0.4, 0.5) is 0 Å². The van der Waals surface area contributed by atoms with Crippen molar-refractivity contribution in [3.05, 3.63) is 0 Å². The summed E-state index contributed by atoms with van der Waals surface area (Å²) in [7, 11) is 1.85. The number of hydrogen-bond acceptors (Lipinski definition) is 3. The maximum Gasteiger partial charge on any atom is 0.191 e. The van der Waals surface area contributed by atoms with Crippen LogP contribution in [0.15, 0.2) is 4.99 Å². The van der Waals surface area contributed by atoms with Crippen LogP contribution in [-0.4, -0.2) is 62.8 Å². The van der Waals surface area contributed by atoms with Crippen molar-refractivity contribution in [1.82, 2.24) is 15.5 Å². The molecule has 5 nitrogen and oxygen atoms in total. The highest BCUT2D eigenvalue weighted by Crippen LogP contribution is 2.28. The average molecular weight is 308 g/mol. The molecule has 22 heavy (non-hydrogen) atoms. The number of likely N-dealkylation sites (tertiary alicyclic amines) is 1. The molecule has 0 aromatic carbocycles. The Kier molecular flexibility index (Phi) is 5.96. The van der Waals surface area contributed by atoms with E-state index in [-0.39, 0.29) is 0 Å². The Morgan fingerprint density at radius 3 is 2.73 bits per heavy atom. The topological polar surface area (TPSA) is 48.9 Å². The normalized spacial score (nSPS) is 27.5. The molecule has 126 valence electrons. The molecule has 5 heteroatoms. The Morgan fingerprint density at radius 2 is 2.00 bits per heavy atom. The summed E-state index contributed by atoms with van der Waals surface area (Å²) in [5.41, 5.74) is 0. The molecular weight excluding hydrogens is 276 g/mol. The molecule has 3 aliphatic rings. The van der Waals surface area contributed by atoms with E-state index in [1.807, 2.05) is 7.05 Å². The molecule has 3 rings (SSSR count). The van der Waals surface area contributed by atoms with E-state index in [1.54, 1.807) is 0 Å². The van der Waals surface area contributed by atoms with Crippen LogP contribution in [0.5, 0.6) is 0 Å². The summed E-state index contributed by atoms with van der Waals surface area (Å²) >= 11 is 0. The highest BCUT2D eigenvalue weighted by Gasteiger charge is 2.30. The van der Waals surface area contributed by atoms with E-state index in [1.165, 1.54) is 58.0 Å². The summed E-state index contributed by atoms with van der Waals surface area (Å²) in [5.74, 6) is 1.77. The molecule has 0 aromatic rings. The molecule has 1 aliphatic heterocycles. The molecule has 0 amide bonds. The fourth-order valence-corrected chi connectivity index (χ4v) is 3.67. The summed E-state index contributed by atoms with van der Waals surface area (Å²) in [5, 5.41) is 6.94. The van der Waals surface area contributed by atoms with Gasteiger partial charge in [-0.2, -0.15) is 0 Å². The fraction of sp³-hybridized carbons (Fsp3) is 0.941. The number of hydrogen-bond donors (Lipinski definition) is 2. The van der Waals surface area contributed by atoms with Crippen LogP contribution in [0.25, 0.3) is 0 Å². The summed E-state index contributed by atoms with van der Waals surface area (Å²) in [6.07, 6.45) is 9.59. The first-order valence-electron chi connectivity index (χ1n) is 9.14. The van der Waals surface area contributed by atoms with E-state index < -0.39 is 0 Å². The maximum absolute atomic E-state index is 5.65. The van der Waals surface area contributed by atoms with Crippen LogP contribution in [0.3, 0.4) is 0 Å². The lowest BCUT2D eigenvalue weighted by molar-refractivity contribution is 0.129. The third kappa shape index (κ3) is 4.85. The van der Waals surface area contributed by atoms with E-state index in [2.05, 4.69) is 20.5 Å². The van der Waals surface area contributed by atoms with Gasteiger partial charge in [0.1, 0.15) is 0 Å². The lowest BCUT2D eigenvalue weighted by Crippen LogP contribution is -2.46. The average Bonchev–Trinajstić information content (AvgIpc) is 3.02. The van der Waals surface area contributed by atoms with Crippen LogP contribution in [-0.2, 0) is 4.74 Å². The van der Waals surface area contributed by atoms with Crippen molar-refractivity contribution in [3.8, 4) is 0 Å². The number of guanidine groups is 1. The van der Waals surface area contributed by atoms with Crippen LogP contribution < -0.4 is 10.6 Å². The fourth-order valence-electron chi connectivity index (χ4n) is 3.67. The standard InChI is InChI=1S/C17H32N4O/c1-18-17(19-9-11-22-13-14-6-7-14)20-15-8-10-21(12-15)16-4-2-3-5-16/h14-16H,2-13H2,1H3,(H2,18,19,20). The Balaban J connectivity index is 1.30. The summed E-state index contributed by atoms with van der Waals surface area (Å²) < 4.78 is 5.65. The second-order valence-electron chi connectivity index (χ2n) is 7.08. The molecular formula is C17H32N4O. The monoisotopic (exact) mass is 308 g/mol. The molecule has 2 aliphatic carbocycles. The Hall–Kier alpha value is -0.810. The molecule has 1 heterocycles. The zero-order chi connectivity index (χ0) is 15.2. The molecule has 2 N–H and O–H groups in total. The minimum Gasteiger partial charge on any atom is -0.379 e. The van der Waals surface area contributed by atoms with Gasteiger partial charge in [0.05, 0.1) is 6.61 Å². The highest BCUT2D eigenvalue weighted by atomic mass is 16.5. The van der Waals surface area contributed by atoms with Crippen molar-refractivity contribution in [3.63, 3.8) is 0 Å². The van der Waals surface area contributed by atoms with Crippen molar-refractivity contribution in [2.45, 2.75) is 57.0 Å². The molecule has 0 bridgehead atoms. The molecule has 3 fully saturated rings. The van der Waals surface area contributed by atoms with Gasteiger partial charge in [-0.3, -0.25) is 9.89 Å². The number of aliphatic imine (C=N–C) groups is 1. The maximum atomic E-state index is 5.65. The second kappa shape index (κ2) is 8.16. The quantitative estimate of drug-likeness (QED) is 0.426. The number of ether oxygens (including phenoxy) is 1. The third-order valence-electron chi connectivity index (χ3n) is 5.21. The minimum absolute atomic E-state index is 0.541. The van der Waals surface area contributed by atoms with Crippen molar-refractivity contribution in [2.24, 2.45) is 10.9 Å². The van der Waals surface area contributed by atoms with Gasteiger partial charge in [-0.15, -0.1) is 0 Å². The predicted molar refractivity (Wildman–Crippen MR) is 90.3 cm³/mol. The smallest absolute Gasteiger partial charge is 0.191 e. The van der Waals surface area contributed by atoms with Crippen LogP contribution in [0, 0.1) is 5.92 Å². The second-order valence-corrected chi connectivity index (χ2v) is 7.08. The first kappa shape index (κ1) is 16.1. The van der Waals surface area contributed by atoms with Gasteiger partial charge in [0, 0.05) is 45.4 Å². The van der Waals surface area contributed by atoms with Crippen molar-refractivity contribution >= 4 is 5.96 Å². The molecule has 0 radical (unpaired) electrons. The van der Waals surface area contributed by atoms with E-state index >= 15 is 0 Å². The highest BCUT2D eigenvalue weighted by molar-refractivity contribution is 5.80. The summed E-state index contributed by atoms with van der Waals surface area (Å²) in [6.45, 7) is 4.96. The summed E-state index contributed by atoms with van der Waals surface area (Å²) in [4.78, 5) is 7.02. The van der Waals surface area contributed by atoms with Gasteiger partial charge in [-0.05, 0) is 38.0 Å². The zero-order valence-electron chi connectivity index (χ0n) is 14.0. The first-order chi connectivity index (χ1) is 10.8. The molecule has 1 saturated heterocycles. The van der Waals surface area contributed by atoms with Gasteiger partial charge in [-0.1, -0.05) is 12.8 Å². The Morgan fingerprint density at radius 1 is 1.18 bits per heavy atom. The lowest BCUT2D eigenvalue weighted by atomic mass is 10.2. The molecule has 0 spiro atoms. The predicted octanol–water partition coefficient (Wildman–Crippen LogP) is 1.59. The van der Waals surface area contributed by atoms with Gasteiger partial charge in [-0.25, -0.2) is 0 Å². The van der Waals surface area contributed by atoms with Crippen molar-refractivity contribution in [1.29, 1.82) is 0 Å². The number of rotatable bonds is 7. The van der Waals surface area contributed by atoms with Gasteiger partial charge >= 0.3 is 0 Å². The van der Waals surface area contributed by atoms with Gasteiger partial charge in [0.25, 0.3) is 0 Å². The number of nitrogens with one attached hydrogen (secondary N) is 2. The minimum atomic E-state index is 0.541. The van der Waals surface area contributed by atoms with E-state index in [0.29, 0.717) is 6.04 Å². The van der Waals surface area contributed by atoms with E-state index in [0.717, 1.165) is 37.7 Å². The Bertz CT molecular complexity index is 364. The first-order valence-corrected chi connectivity index (χ1v) is 9.14. The van der Waals surface area contributed by atoms with Crippen LogP contribution in [0.2, 0.25) is 0 Å². The van der Waals surface area contributed by atoms with E-state index in [9.17, 15) is 0 Å². The van der Waals surface area contributed by atoms with Crippen molar-refractivity contribution < 1.29 is 4.74 Å². The zero-order valence-corrected chi connectivity index (χ0v) is 14.0. The third-order valence-corrected chi connectivity index (χ3v) is 5.21. The van der Waals surface area contributed by atoms with E-state index in [4.69, 9.17) is 4.74 Å². The molecule has 1 atom stereocenters. The van der Waals surface area contributed by atoms with Crippen molar-refractivity contribution in [2.75, 3.05) is 39.9 Å². The van der Waals surface area contributed by atoms with Crippen LogP contribution in [0.1, 0.15) is 44.9 Å². The summed E-state index contributed by atoms with van der Waals surface area (Å²) in [6, 6.07) is 1.39. The number of nitrogens with zero attached hydrogens (tertiary/aromatic N) is 2. The van der Waals surface area contributed by atoms with Gasteiger partial charge in [0.2, 0.25) is 0 Å². The molecule has 2 saturated carbocycles. The Labute approximate surface area is 134 Å². The van der Waals surface area contributed by atoms with Crippen LogP contribution >= 0.6 is 0 Å². The largest absolute Gasteiger partial charge is 0.379 e. The van der Waals surface area contributed by atoms with Gasteiger partial charge in [0.15, 0.2) is 5.96 Å². The molecule has 0 aromatic heterocycles. The lowest BCUT2D eigenvalue weighted by Gasteiger charge is -2.24. The SMILES string of the molecule is CN=C(NCCOCC1CC1)NC1CCN(C2CCCC2)C1. The molecule has 1 unspecified atom stereocenters.